The summed E-state index contributed by atoms with van der Waals surface area (Å²) >= 11 is 0. The van der Waals surface area contributed by atoms with Crippen molar-refractivity contribution in [3.05, 3.63) is 35.6 Å². The Morgan fingerprint density at radius 2 is 1.90 bits per heavy atom. The van der Waals surface area contributed by atoms with Crippen molar-refractivity contribution in [3.8, 4) is 0 Å². The summed E-state index contributed by atoms with van der Waals surface area (Å²) in [7, 11) is 0. The van der Waals surface area contributed by atoms with Crippen LogP contribution in [0.2, 0.25) is 0 Å². The summed E-state index contributed by atoms with van der Waals surface area (Å²) in [5.41, 5.74) is 6.34. The monoisotopic (exact) mass is 281 g/mol. The van der Waals surface area contributed by atoms with Crippen molar-refractivity contribution in [1.29, 1.82) is 0 Å². The number of nitrogens with one attached hydrogen (secondary N) is 1. The average molecular weight is 281 g/mol. The number of hydrogen-bond acceptors (Lipinski definition) is 3. The zero-order valence-corrected chi connectivity index (χ0v) is 13.0. The SMILES string of the molecule is CCN(CC)CCNC(C)(CN)Cc1ccccc1F. The van der Waals surface area contributed by atoms with Crippen LogP contribution in [0.25, 0.3) is 0 Å². The van der Waals surface area contributed by atoms with Crippen molar-refractivity contribution in [2.45, 2.75) is 32.7 Å². The van der Waals surface area contributed by atoms with E-state index in [1.165, 1.54) is 6.07 Å². The molecule has 0 bridgehead atoms. The molecule has 1 aromatic rings. The van der Waals surface area contributed by atoms with Crippen molar-refractivity contribution in [2.24, 2.45) is 5.73 Å². The summed E-state index contributed by atoms with van der Waals surface area (Å²) in [5, 5.41) is 3.49. The molecule has 0 aliphatic heterocycles. The molecule has 1 unspecified atom stereocenters. The zero-order valence-electron chi connectivity index (χ0n) is 13.0. The fraction of sp³-hybridized carbons (Fsp3) is 0.625. The molecule has 1 rings (SSSR count). The van der Waals surface area contributed by atoms with Gasteiger partial charge in [-0.15, -0.1) is 0 Å². The third kappa shape index (κ3) is 5.19. The van der Waals surface area contributed by atoms with E-state index in [0.29, 0.717) is 13.0 Å². The molecule has 0 spiro atoms. The number of likely N-dealkylation sites (N-methyl/N-ethyl adjacent to an activating group) is 1. The van der Waals surface area contributed by atoms with Crippen LogP contribution in [0.4, 0.5) is 4.39 Å². The van der Waals surface area contributed by atoms with E-state index in [9.17, 15) is 4.39 Å². The predicted octanol–water partition coefficient (Wildman–Crippen LogP) is 2.02. The van der Waals surface area contributed by atoms with E-state index in [2.05, 4.69) is 31.0 Å². The van der Waals surface area contributed by atoms with E-state index < -0.39 is 0 Å². The van der Waals surface area contributed by atoms with Crippen LogP contribution in [0.1, 0.15) is 26.3 Å². The van der Waals surface area contributed by atoms with Crippen molar-refractivity contribution in [3.63, 3.8) is 0 Å². The van der Waals surface area contributed by atoms with Gasteiger partial charge in [0.25, 0.3) is 0 Å². The molecule has 0 aromatic heterocycles. The lowest BCUT2D eigenvalue weighted by atomic mass is 9.92. The summed E-state index contributed by atoms with van der Waals surface area (Å²) in [6.07, 6.45) is 0.606. The Morgan fingerprint density at radius 3 is 2.45 bits per heavy atom. The first-order valence-electron chi connectivity index (χ1n) is 7.45. The van der Waals surface area contributed by atoms with Crippen molar-refractivity contribution >= 4 is 0 Å². The van der Waals surface area contributed by atoms with Gasteiger partial charge in [-0.05, 0) is 38.1 Å². The van der Waals surface area contributed by atoms with Gasteiger partial charge in [-0.1, -0.05) is 32.0 Å². The summed E-state index contributed by atoms with van der Waals surface area (Å²) in [5.74, 6) is -0.155. The summed E-state index contributed by atoms with van der Waals surface area (Å²) < 4.78 is 13.7. The highest BCUT2D eigenvalue weighted by molar-refractivity contribution is 5.20. The van der Waals surface area contributed by atoms with Crippen LogP contribution in [0.5, 0.6) is 0 Å². The van der Waals surface area contributed by atoms with Crippen molar-refractivity contribution in [1.82, 2.24) is 10.2 Å². The van der Waals surface area contributed by atoms with Crippen LogP contribution < -0.4 is 11.1 Å². The number of rotatable bonds is 9. The number of benzene rings is 1. The molecule has 1 aromatic carbocycles. The Balaban J connectivity index is 2.56. The standard InChI is InChI=1S/C16H28FN3/c1-4-20(5-2)11-10-19-16(3,13-18)12-14-8-6-7-9-15(14)17/h6-9,19H,4-5,10-13,18H2,1-3H3. The second kappa shape index (κ2) is 8.35. The third-order valence-electron chi connectivity index (χ3n) is 3.86. The quantitative estimate of drug-likeness (QED) is 0.727. The molecule has 0 aliphatic rings. The van der Waals surface area contributed by atoms with Gasteiger partial charge in [0.15, 0.2) is 0 Å². The maximum absolute atomic E-state index is 13.7. The van der Waals surface area contributed by atoms with Gasteiger partial charge >= 0.3 is 0 Å². The highest BCUT2D eigenvalue weighted by Crippen LogP contribution is 2.15. The van der Waals surface area contributed by atoms with Crippen LogP contribution in [-0.4, -0.2) is 43.2 Å². The van der Waals surface area contributed by atoms with Gasteiger partial charge in [0.2, 0.25) is 0 Å². The Kier molecular flexibility index (Phi) is 7.13. The molecule has 0 fully saturated rings. The highest BCUT2D eigenvalue weighted by Gasteiger charge is 2.23. The van der Waals surface area contributed by atoms with Gasteiger partial charge in [-0.3, -0.25) is 0 Å². The van der Waals surface area contributed by atoms with Crippen molar-refractivity contribution in [2.75, 3.05) is 32.7 Å². The molecule has 0 amide bonds. The van der Waals surface area contributed by atoms with Crippen LogP contribution in [0, 0.1) is 5.82 Å². The van der Waals surface area contributed by atoms with E-state index in [1.54, 1.807) is 6.07 Å². The molecule has 20 heavy (non-hydrogen) atoms. The lowest BCUT2D eigenvalue weighted by molar-refractivity contribution is 0.274. The number of halogens is 1. The third-order valence-corrected chi connectivity index (χ3v) is 3.86. The maximum atomic E-state index is 13.7. The van der Waals surface area contributed by atoms with E-state index in [4.69, 9.17) is 5.73 Å². The Labute approximate surface area is 122 Å². The van der Waals surface area contributed by atoms with Crippen LogP contribution in [0.3, 0.4) is 0 Å². The van der Waals surface area contributed by atoms with Gasteiger partial charge in [-0.2, -0.15) is 0 Å². The summed E-state index contributed by atoms with van der Waals surface area (Å²) in [4.78, 5) is 2.35. The number of hydrogen-bond donors (Lipinski definition) is 2. The smallest absolute Gasteiger partial charge is 0.126 e. The molecule has 3 nitrogen and oxygen atoms in total. The van der Waals surface area contributed by atoms with Gasteiger partial charge in [0.1, 0.15) is 5.82 Å². The van der Waals surface area contributed by atoms with E-state index in [0.717, 1.165) is 31.7 Å². The Bertz CT molecular complexity index is 393. The number of nitrogens with two attached hydrogens (primary N) is 1. The lowest BCUT2D eigenvalue weighted by Crippen LogP contribution is -2.52. The first kappa shape index (κ1) is 17.1. The minimum absolute atomic E-state index is 0.155. The normalized spacial score (nSPS) is 14.5. The van der Waals surface area contributed by atoms with Crippen LogP contribution in [-0.2, 0) is 6.42 Å². The summed E-state index contributed by atoms with van der Waals surface area (Å²) in [6, 6.07) is 6.91. The number of nitrogens with zero attached hydrogens (tertiary/aromatic N) is 1. The topological polar surface area (TPSA) is 41.3 Å². The fourth-order valence-electron chi connectivity index (χ4n) is 2.32. The van der Waals surface area contributed by atoms with Crippen LogP contribution in [0.15, 0.2) is 24.3 Å². The molecule has 1 atom stereocenters. The molecular formula is C16H28FN3. The van der Waals surface area contributed by atoms with Gasteiger partial charge < -0.3 is 16.0 Å². The molecular weight excluding hydrogens is 253 g/mol. The Hall–Kier alpha value is -0.970. The molecule has 0 saturated carbocycles. The average Bonchev–Trinajstić information content (AvgIpc) is 2.46. The molecule has 0 aliphatic carbocycles. The lowest BCUT2D eigenvalue weighted by Gasteiger charge is -2.31. The van der Waals surface area contributed by atoms with Crippen molar-refractivity contribution < 1.29 is 4.39 Å². The van der Waals surface area contributed by atoms with Gasteiger partial charge in [0.05, 0.1) is 0 Å². The van der Waals surface area contributed by atoms with Gasteiger partial charge in [0, 0.05) is 25.2 Å². The van der Waals surface area contributed by atoms with E-state index in [-0.39, 0.29) is 11.4 Å². The van der Waals surface area contributed by atoms with E-state index in [1.807, 2.05) is 12.1 Å². The molecule has 0 radical (unpaired) electrons. The minimum Gasteiger partial charge on any atom is -0.329 e. The Morgan fingerprint density at radius 1 is 1.25 bits per heavy atom. The first-order chi connectivity index (χ1) is 9.54. The largest absolute Gasteiger partial charge is 0.329 e. The first-order valence-corrected chi connectivity index (χ1v) is 7.45. The zero-order chi connectivity index (χ0) is 15.0. The molecule has 4 heteroatoms. The highest BCUT2D eigenvalue weighted by atomic mass is 19.1. The molecule has 0 heterocycles. The van der Waals surface area contributed by atoms with Gasteiger partial charge in [-0.25, -0.2) is 4.39 Å². The minimum atomic E-state index is -0.269. The second-order valence-corrected chi connectivity index (χ2v) is 5.49. The molecule has 3 N–H and O–H groups in total. The second-order valence-electron chi connectivity index (χ2n) is 5.49. The molecule has 114 valence electrons. The summed E-state index contributed by atoms with van der Waals surface area (Å²) in [6.45, 7) is 10.8. The predicted molar refractivity (Wildman–Crippen MR) is 83.4 cm³/mol. The van der Waals surface area contributed by atoms with E-state index >= 15 is 0 Å². The maximum Gasteiger partial charge on any atom is 0.126 e. The molecule has 0 saturated heterocycles. The van der Waals surface area contributed by atoms with Crippen LogP contribution >= 0.6 is 0 Å². The fourth-order valence-corrected chi connectivity index (χ4v) is 2.32.